The maximum atomic E-state index is 14.6. The summed E-state index contributed by atoms with van der Waals surface area (Å²) in [6.45, 7) is 0. The van der Waals surface area contributed by atoms with Crippen molar-refractivity contribution in [3.05, 3.63) is 107 Å². The van der Waals surface area contributed by atoms with Crippen LogP contribution in [0.4, 0.5) is 18.9 Å². The van der Waals surface area contributed by atoms with E-state index in [0.717, 1.165) is 12.1 Å². The van der Waals surface area contributed by atoms with Crippen LogP contribution >= 0.6 is 7.14 Å². The first-order valence-corrected chi connectivity index (χ1v) is 11.1. The molecule has 4 aromatic rings. The Kier molecular flexibility index (Phi) is 5.48. The average molecular weight is 457 g/mol. The van der Waals surface area contributed by atoms with Crippen LogP contribution in [0, 0.1) is 10.1 Å². The van der Waals surface area contributed by atoms with Crippen molar-refractivity contribution in [2.75, 3.05) is 0 Å². The number of alkyl halides is 3. The maximum absolute atomic E-state index is 14.6. The highest BCUT2D eigenvalue weighted by Gasteiger charge is 2.45. The van der Waals surface area contributed by atoms with E-state index in [1.54, 1.807) is 36.4 Å². The van der Waals surface area contributed by atoms with Crippen molar-refractivity contribution in [3.63, 3.8) is 0 Å². The van der Waals surface area contributed by atoms with Crippen molar-refractivity contribution >= 4 is 28.7 Å². The summed E-state index contributed by atoms with van der Waals surface area (Å²) >= 11 is 0. The molecule has 3 aromatic carbocycles. The SMILES string of the molecule is O=[N+]([O-])c1ccc(-c2occ(C(F)(F)F)c2P(=O)(c2ccccc2)c2ccccc2)cc1. The van der Waals surface area contributed by atoms with Crippen LogP contribution in [0.25, 0.3) is 11.3 Å². The summed E-state index contributed by atoms with van der Waals surface area (Å²) in [6, 6.07) is 20.7. The number of benzene rings is 3. The Labute approximate surface area is 180 Å². The maximum Gasteiger partial charge on any atom is 0.420 e. The third-order valence-corrected chi connectivity index (χ3v) is 8.09. The first kappa shape index (κ1) is 21.6. The lowest BCUT2D eigenvalue weighted by Crippen LogP contribution is -2.29. The molecule has 0 radical (unpaired) electrons. The Morgan fingerprint density at radius 2 is 1.31 bits per heavy atom. The molecular formula is C23H15F3NO4P. The smallest absolute Gasteiger partial charge is 0.420 e. The monoisotopic (exact) mass is 457 g/mol. The number of nitro benzene ring substituents is 1. The fourth-order valence-corrected chi connectivity index (χ4v) is 6.47. The Hall–Kier alpha value is -3.64. The lowest BCUT2D eigenvalue weighted by atomic mass is 10.1. The van der Waals surface area contributed by atoms with Gasteiger partial charge in [-0.05, 0) is 12.1 Å². The van der Waals surface area contributed by atoms with Gasteiger partial charge in [0.05, 0.1) is 10.2 Å². The fourth-order valence-electron chi connectivity index (χ4n) is 3.49. The minimum atomic E-state index is -4.84. The normalized spacial score (nSPS) is 12.0. The van der Waals surface area contributed by atoms with Gasteiger partial charge in [-0.2, -0.15) is 13.2 Å². The molecule has 0 saturated carbocycles. The molecule has 1 aromatic heterocycles. The van der Waals surface area contributed by atoms with Gasteiger partial charge in [0.2, 0.25) is 0 Å². The number of halogens is 3. The van der Waals surface area contributed by atoms with Crippen LogP contribution in [-0.4, -0.2) is 4.92 Å². The second-order valence-electron chi connectivity index (χ2n) is 6.91. The van der Waals surface area contributed by atoms with Crippen molar-refractivity contribution in [2.24, 2.45) is 0 Å². The van der Waals surface area contributed by atoms with Crippen LogP contribution < -0.4 is 15.9 Å². The molecule has 0 aliphatic heterocycles. The standard InChI is InChI=1S/C23H15F3NO4P/c24-23(25,26)20-15-31-21(16-11-13-17(14-12-16)27(28)29)22(20)32(30,18-7-3-1-4-8-18)19-9-5-2-6-10-19/h1-15H. The summed E-state index contributed by atoms with van der Waals surface area (Å²) < 4.78 is 62.1. The van der Waals surface area contributed by atoms with Gasteiger partial charge < -0.3 is 8.98 Å². The average Bonchev–Trinajstić information content (AvgIpc) is 3.26. The first-order chi connectivity index (χ1) is 15.2. The van der Waals surface area contributed by atoms with Crippen LogP contribution in [-0.2, 0) is 10.7 Å². The van der Waals surface area contributed by atoms with Crippen molar-refractivity contribution in [1.29, 1.82) is 0 Å². The molecule has 0 aliphatic rings. The number of non-ortho nitro benzene ring substituents is 1. The Balaban J connectivity index is 2.06. The highest BCUT2D eigenvalue weighted by atomic mass is 31.2. The second-order valence-corrected chi connectivity index (χ2v) is 9.61. The molecule has 162 valence electrons. The van der Waals surface area contributed by atoms with E-state index in [9.17, 15) is 27.9 Å². The molecule has 0 spiro atoms. The topological polar surface area (TPSA) is 73.3 Å². The number of hydrogen-bond donors (Lipinski definition) is 0. The molecule has 0 N–H and O–H groups in total. The van der Waals surface area contributed by atoms with Gasteiger partial charge in [-0.3, -0.25) is 10.1 Å². The Bertz CT molecular complexity index is 1260. The summed E-state index contributed by atoms with van der Waals surface area (Å²) in [5.74, 6) is -0.247. The number of nitrogens with zero attached hydrogens (tertiary/aromatic N) is 1. The summed E-state index contributed by atoms with van der Waals surface area (Å²) in [4.78, 5) is 10.4. The third kappa shape index (κ3) is 3.74. The van der Waals surface area contributed by atoms with E-state index in [0.29, 0.717) is 6.26 Å². The van der Waals surface area contributed by atoms with Crippen molar-refractivity contribution in [1.82, 2.24) is 0 Å². The van der Waals surface area contributed by atoms with Gasteiger partial charge in [0.15, 0.2) is 7.14 Å². The molecule has 0 saturated heterocycles. The molecule has 0 atom stereocenters. The number of rotatable bonds is 5. The van der Waals surface area contributed by atoms with Gasteiger partial charge in [-0.1, -0.05) is 60.7 Å². The number of hydrogen-bond acceptors (Lipinski definition) is 4. The van der Waals surface area contributed by atoms with Gasteiger partial charge in [-0.25, -0.2) is 0 Å². The molecule has 32 heavy (non-hydrogen) atoms. The van der Waals surface area contributed by atoms with Gasteiger partial charge in [0, 0.05) is 28.3 Å². The van der Waals surface area contributed by atoms with Gasteiger partial charge in [-0.15, -0.1) is 0 Å². The van der Waals surface area contributed by atoms with Gasteiger partial charge in [0.1, 0.15) is 17.6 Å². The van der Waals surface area contributed by atoms with Crippen LogP contribution in [0.2, 0.25) is 0 Å². The van der Waals surface area contributed by atoms with E-state index in [1.165, 1.54) is 36.4 Å². The highest BCUT2D eigenvalue weighted by Crippen LogP contribution is 2.49. The lowest BCUT2D eigenvalue weighted by molar-refractivity contribution is -0.384. The number of furan rings is 1. The summed E-state index contributed by atoms with van der Waals surface area (Å²) in [5, 5.41) is 10.9. The minimum absolute atomic E-state index is 0.146. The molecule has 0 amide bonds. The molecule has 1 heterocycles. The van der Waals surface area contributed by atoms with Crippen LogP contribution in [0.3, 0.4) is 0 Å². The summed E-state index contributed by atoms with van der Waals surface area (Å²) in [7, 11) is -4.04. The molecular weight excluding hydrogens is 442 g/mol. The molecule has 4 rings (SSSR count). The third-order valence-electron chi connectivity index (χ3n) is 4.97. The van der Waals surface area contributed by atoms with Crippen molar-refractivity contribution in [3.8, 4) is 11.3 Å². The molecule has 9 heteroatoms. The van der Waals surface area contributed by atoms with Gasteiger partial charge in [0.25, 0.3) is 5.69 Å². The highest BCUT2D eigenvalue weighted by molar-refractivity contribution is 7.85. The van der Waals surface area contributed by atoms with Crippen LogP contribution in [0.5, 0.6) is 0 Å². The van der Waals surface area contributed by atoms with E-state index in [1.807, 2.05) is 0 Å². The Morgan fingerprint density at radius 3 is 1.75 bits per heavy atom. The molecule has 0 bridgehead atoms. The second kappa shape index (κ2) is 8.13. The fraction of sp³-hybridized carbons (Fsp3) is 0.0435. The zero-order valence-corrected chi connectivity index (χ0v) is 17.2. The van der Waals surface area contributed by atoms with E-state index in [-0.39, 0.29) is 27.6 Å². The summed E-state index contributed by atoms with van der Waals surface area (Å²) in [5.41, 5.74) is -1.23. The van der Waals surface area contributed by atoms with Gasteiger partial charge >= 0.3 is 6.18 Å². The summed E-state index contributed by atoms with van der Waals surface area (Å²) in [6.07, 6.45) is -4.29. The predicted molar refractivity (Wildman–Crippen MR) is 115 cm³/mol. The quantitative estimate of drug-likeness (QED) is 0.225. The zero-order chi connectivity index (χ0) is 22.9. The lowest BCUT2D eigenvalue weighted by Gasteiger charge is -2.22. The number of nitro groups is 1. The van der Waals surface area contributed by atoms with E-state index >= 15 is 0 Å². The van der Waals surface area contributed by atoms with Crippen molar-refractivity contribution in [2.45, 2.75) is 6.18 Å². The molecule has 0 unspecified atom stereocenters. The van der Waals surface area contributed by atoms with E-state index in [4.69, 9.17) is 4.42 Å². The van der Waals surface area contributed by atoms with Crippen LogP contribution in [0.15, 0.2) is 95.6 Å². The first-order valence-electron chi connectivity index (χ1n) is 9.38. The zero-order valence-electron chi connectivity index (χ0n) is 16.3. The van der Waals surface area contributed by atoms with E-state index < -0.39 is 29.1 Å². The van der Waals surface area contributed by atoms with Crippen molar-refractivity contribution < 1.29 is 27.1 Å². The molecule has 5 nitrogen and oxygen atoms in total. The predicted octanol–water partition coefficient (Wildman–Crippen LogP) is 5.51. The van der Waals surface area contributed by atoms with E-state index in [2.05, 4.69) is 0 Å². The Morgan fingerprint density at radius 1 is 0.812 bits per heavy atom. The van der Waals surface area contributed by atoms with Crippen LogP contribution in [0.1, 0.15) is 5.56 Å². The largest absolute Gasteiger partial charge is 0.463 e. The molecule has 0 fully saturated rings. The minimum Gasteiger partial charge on any atom is -0.463 e. The molecule has 0 aliphatic carbocycles.